The number of rotatable bonds is 5. The summed E-state index contributed by atoms with van der Waals surface area (Å²) in [6.45, 7) is 3.57. The lowest BCUT2D eigenvalue weighted by Crippen LogP contribution is -2.47. The molecule has 1 atom stereocenters. The molecule has 0 unspecified atom stereocenters. The fraction of sp³-hybridized carbons (Fsp3) is 0.500. The van der Waals surface area contributed by atoms with Gasteiger partial charge >= 0.3 is 24.4 Å². The Labute approximate surface area is 253 Å². The van der Waals surface area contributed by atoms with Gasteiger partial charge < -0.3 is 30.4 Å². The normalized spacial score (nSPS) is 19.6. The van der Waals surface area contributed by atoms with Crippen molar-refractivity contribution in [3.05, 3.63) is 59.0 Å². The minimum atomic E-state index is -5.08. The van der Waals surface area contributed by atoms with E-state index in [4.69, 9.17) is 15.6 Å². The van der Waals surface area contributed by atoms with E-state index in [2.05, 4.69) is 4.98 Å². The van der Waals surface area contributed by atoms with Crippen LogP contribution in [-0.4, -0.2) is 100 Å². The number of carboxylic acids is 1. The standard InChI is InChI=1S/C26H30F4N6O2.C2HF3O2/c27-22-13-19(26(28,29)30)14-32-23(22)33-9-6-21(7-10-33)36-12-11-35(25(36)38)15-17-1-3-18(4-2-17)24(37)34-8-5-20(31)16-34;3-2(4,5)1(6)7/h1-4,13-14,20-21H,5-12,15-16,31H2;(H,6,7)/t20-;/m0./s1. The molecule has 45 heavy (non-hydrogen) atoms. The smallest absolute Gasteiger partial charge is 0.475 e. The van der Waals surface area contributed by atoms with Gasteiger partial charge in [0.1, 0.15) is 0 Å². The molecule has 1 aromatic heterocycles. The molecule has 3 saturated heterocycles. The number of nitrogens with two attached hydrogens (primary N) is 1. The number of halogens is 7. The Balaban J connectivity index is 0.000000591. The van der Waals surface area contributed by atoms with Gasteiger partial charge in [-0.2, -0.15) is 26.3 Å². The summed E-state index contributed by atoms with van der Waals surface area (Å²) in [5.41, 5.74) is 6.31. The zero-order valence-corrected chi connectivity index (χ0v) is 23.8. The van der Waals surface area contributed by atoms with E-state index in [1.807, 2.05) is 17.0 Å². The minimum Gasteiger partial charge on any atom is -0.475 e. The van der Waals surface area contributed by atoms with Gasteiger partial charge in [-0.15, -0.1) is 0 Å². The topological polar surface area (TPSA) is 123 Å². The van der Waals surface area contributed by atoms with Crippen LogP contribution in [0.4, 0.5) is 41.3 Å². The van der Waals surface area contributed by atoms with Crippen LogP contribution in [0.5, 0.6) is 0 Å². The number of aliphatic carboxylic acids is 1. The first kappa shape index (κ1) is 33.7. The second-order valence-electron chi connectivity index (χ2n) is 10.9. The molecule has 17 heteroatoms. The summed E-state index contributed by atoms with van der Waals surface area (Å²) in [5, 5.41) is 7.12. The van der Waals surface area contributed by atoms with Crippen LogP contribution in [-0.2, 0) is 17.5 Å². The van der Waals surface area contributed by atoms with E-state index < -0.39 is 29.7 Å². The lowest BCUT2D eigenvalue weighted by atomic mass is 10.0. The number of likely N-dealkylation sites (tertiary alicyclic amines) is 1. The summed E-state index contributed by atoms with van der Waals surface area (Å²) in [6.07, 6.45) is -7.14. The van der Waals surface area contributed by atoms with Crippen molar-refractivity contribution in [1.29, 1.82) is 0 Å². The predicted octanol–water partition coefficient (Wildman–Crippen LogP) is 3.95. The van der Waals surface area contributed by atoms with E-state index in [1.54, 1.807) is 26.8 Å². The Kier molecular flexibility index (Phi) is 10.1. The Hall–Kier alpha value is -4.15. The first-order valence-corrected chi connectivity index (χ1v) is 14.0. The monoisotopic (exact) mass is 648 g/mol. The predicted molar refractivity (Wildman–Crippen MR) is 146 cm³/mol. The largest absolute Gasteiger partial charge is 0.490 e. The average molecular weight is 649 g/mol. The van der Waals surface area contributed by atoms with Crippen molar-refractivity contribution < 1.29 is 50.2 Å². The summed E-state index contributed by atoms with van der Waals surface area (Å²) in [5.74, 6) is -3.89. The molecule has 1 aromatic carbocycles. The van der Waals surface area contributed by atoms with E-state index in [9.17, 15) is 40.3 Å². The van der Waals surface area contributed by atoms with E-state index in [1.165, 1.54) is 0 Å². The molecular weight excluding hydrogens is 617 g/mol. The van der Waals surface area contributed by atoms with Crippen LogP contribution >= 0.6 is 0 Å². The highest BCUT2D eigenvalue weighted by atomic mass is 19.4. The SMILES string of the molecule is N[C@H]1CCN(C(=O)c2ccc(CN3CCN(C4CCN(c5ncc(C(F)(F)F)cc5F)CC4)C3=O)cc2)C1.O=C(O)C(F)(F)F. The van der Waals surface area contributed by atoms with Crippen molar-refractivity contribution in [3.63, 3.8) is 0 Å². The highest BCUT2D eigenvalue weighted by Crippen LogP contribution is 2.32. The number of pyridine rings is 1. The third-order valence-electron chi connectivity index (χ3n) is 7.81. The fourth-order valence-corrected chi connectivity index (χ4v) is 5.42. The third kappa shape index (κ3) is 8.32. The number of hydrogen-bond acceptors (Lipinski definition) is 6. The summed E-state index contributed by atoms with van der Waals surface area (Å²) < 4.78 is 84.5. The summed E-state index contributed by atoms with van der Waals surface area (Å²) in [4.78, 5) is 45.3. The van der Waals surface area contributed by atoms with Crippen LogP contribution in [0.15, 0.2) is 36.5 Å². The first-order chi connectivity index (χ1) is 21.0. The molecule has 2 aromatic rings. The van der Waals surface area contributed by atoms with Crippen LogP contribution in [0.1, 0.15) is 40.7 Å². The number of carbonyl (C=O) groups is 3. The number of piperidine rings is 1. The molecule has 0 bridgehead atoms. The molecular formula is C28H31F7N6O4. The minimum absolute atomic E-state index is 0.0252. The maximum atomic E-state index is 14.3. The number of alkyl halides is 6. The quantitative estimate of drug-likeness (QED) is 0.471. The molecule has 0 spiro atoms. The molecule has 4 heterocycles. The summed E-state index contributed by atoms with van der Waals surface area (Å²) >= 11 is 0. The molecule has 5 rings (SSSR count). The summed E-state index contributed by atoms with van der Waals surface area (Å²) in [6, 6.07) is 7.68. The van der Waals surface area contributed by atoms with Crippen LogP contribution in [0.2, 0.25) is 0 Å². The van der Waals surface area contributed by atoms with Gasteiger partial charge in [-0.05, 0) is 43.0 Å². The maximum absolute atomic E-state index is 14.3. The lowest BCUT2D eigenvalue weighted by molar-refractivity contribution is -0.192. The number of amides is 3. The molecule has 10 nitrogen and oxygen atoms in total. The third-order valence-corrected chi connectivity index (χ3v) is 7.81. The van der Waals surface area contributed by atoms with Crippen LogP contribution < -0.4 is 10.6 Å². The van der Waals surface area contributed by atoms with E-state index in [0.717, 1.165) is 12.0 Å². The van der Waals surface area contributed by atoms with Crippen LogP contribution in [0.3, 0.4) is 0 Å². The molecule has 3 amide bonds. The van der Waals surface area contributed by atoms with Crippen molar-refractivity contribution in [2.24, 2.45) is 5.73 Å². The molecule has 0 saturated carbocycles. The summed E-state index contributed by atoms with van der Waals surface area (Å²) in [7, 11) is 0. The van der Waals surface area contributed by atoms with Gasteiger partial charge in [0.25, 0.3) is 5.91 Å². The van der Waals surface area contributed by atoms with Gasteiger partial charge in [0, 0.05) is 69.7 Å². The average Bonchev–Trinajstić information content (AvgIpc) is 3.57. The Morgan fingerprint density at radius 2 is 1.58 bits per heavy atom. The van der Waals surface area contributed by atoms with Crippen LogP contribution in [0.25, 0.3) is 0 Å². The Morgan fingerprint density at radius 1 is 0.956 bits per heavy atom. The molecule has 0 aliphatic carbocycles. The number of carboxylic acid groups (broad SMARTS) is 1. The van der Waals surface area contributed by atoms with E-state index in [0.29, 0.717) is 76.5 Å². The second-order valence-corrected chi connectivity index (χ2v) is 10.9. The Bertz CT molecular complexity index is 1380. The molecule has 0 radical (unpaired) electrons. The number of carbonyl (C=O) groups excluding carboxylic acids is 2. The zero-order valence-electron chi connectivity index (χ0n) is 23.8. The second kappa shape index (κ2) is 13.5. The van der Waals surface area contributed by atoms with Gasteiger partial charge in [0.05, 0.1) is 5.56 Å². The first-order valence-electron chi connectivity index (χ1n) is 14.0. The van der Waals surface area contributed by atoms with Gasteiger partial charge in [-0.1, -0.05) is 12.1 Å². The zero-order chi connectivity index (χ0) is 33.1. The van der Waals surface area contributed by atoms with Crippen LogP contribution in [0, 0.1) is 5.82 Å². The maximum Gasteiger partial charge on any atom is 0.490 e. The molecule has 246 valence electrons. The number of nitrogens with zero attached hydrogens (tertiary/aromatic N) is 5. The number of urea groups is 1. The van der Waals surface area contributed by atoms with E-state index >= 15 is 0 Å². The van der Waals surface area contributed by atoms with E-state index in [-0.39, 0.29) is 29.8 Å². The van der Waals surface area contributed by atoms with Crippen molar-refractivity contribution in [1.82, 2.24) is 19.7 Å². The molecule has 3 fully saturated rings. The number of benzene rings is 1. The molecule has 3 N–H and O–H groups in total. The highest BCUT2D eigenvalue weighted by molar-refractivity contribution is 5.94. The van der Waals surface area contributed by atoms with Crippen molar-refractivity contribution in [2.45, 2.75) is 50.2 Å². The van der Waals surface area contributed by atoms with Gasteiger partial charge in [-0.3, -0.25) is 4.79 Å². The molecule has 3 aliphatic heterocycles. The van der Waals surface area contributed by atoms with Gasteiger partial charge in [-0.25, -0.2) is 19.0 Å². The number of aromatic nitrogens is 1. The fourth-order valence-electron chi connectivity index (χ4n) is 5.42. The lowest BCUT2D eigenvalue weighted by Gasteiger charge is -2.37. The van der Waals surface area contributed by atoms with Gasteiger partial charge in [0.15, 0.2) is 11.6 Å². The van der Waals surface area contributed by atoms with Crippen molar-refractivity contribution in [2.75, 3.05) is 44.2 Å². The number of hydrogen-bond donors (Lipinski definition) is 2. The van der Waals surface area contributed by atoms with Gasteiger partial charge in [0.2, 0.25) is 0 Å². The highest BCUT2D eigenvalue weighted by Gasteiger charge is 2.39. The Morgan fingerprint density at radius 3 is 2.09 bits per heavy atom. The van der Waals surface area contributed by atoms with Crippen molar-refractivity contribution in [3.8, 4) is 0 Å². The molecule has 3 aliphatic rings. The number of anilines is 1. The van der Waals surface area contributed by atoms with Crippen molar-refractivity contribution >= 4 is 23.7 Å².